The van der Waals surface area contributed by atoms with E-state index in [9.17, 15) is 14.0 Å². The van der Waals surface area contributed by atoms with Crippen molar-refractivity contribution in [2.45, 2.75) is 31.7 Å². The number of aromatic nitrogens is 1. The van der Waals surface area contributed by atoms with Crippen molar-refractivity contribution in [1.82, 2.24) is 10.3 Å². The van der Waals surface area contributed by atoms with Crippen molar-refractivity contribution >= 4 is 23.2 Å². The van der Waals surface area contributed by atoms with E-state index >= 15 is 0 Å². The van der Waals surface area contributed by atoms with Crippen LogP contribution in [0.3, 0.4) is 0 Å². The number of benzene rings is 1. The van der Waals surface area contributed by atoms with Crippen molar-refractivity contribution in [1.29, 1.82) is 0 Å². The Morgan fingerprint density at radius 1 is 1.36 bits per heavy atom. The molecule has 1 aromatic heterocycles. The topological polar surface area (TPSA) is 79.3 Å². The standard InChI is InChI=1S/C18H19FN2O3S/c1-2-3-4-15(18(23)24)21-16(22)10-14-11-25-17(20-14)9-12-5-7-13(19)8-6-12/h2,5-8,11,15H,1,3-4,9-10H2,(H,21,22)(H,23,24). The summed E-state index contributed by atoms with van der Waals surface area (Å²) in [6, 6.07) is 5.25. The minimum absolute atomic E-state index is 0.0256. The monoisotopic (exact) mass is 362 g/mol. The molecule has 0 fully saturated rings. The first-order chi connectivity index (χ1) is 12.0. The van der Waals surface area contributed by atoms with Gasteiger partial charge in [0.05, 0.1) is 17.1 Å². The molecule has 1 amide bonds. The minimum atomic E-state index is -1.06. The van der Waals surface area contributed by atoms with Gasteiger partial charge < -0.3 is 10.4 Å². The summed E-state index contributed by atoms with van der Waals surface area (Å²) in [4.78, 5) is 27.5. The highest BCUT2D eigenvalue weighted by Gasteiger charge is 2.19. The van der Waals surface area contributed by atoms with Crippen LogP contribution in [-0.2, 0) is 22.4 Å². The number of carboxylic acid groups (broad SMARTS) is 1. The van der Waals surface area contributed by atoms with Crippen molar-refractivity contribution in [3.8, 4) is 0 Å². The van der Waals surface area contributed by atoms with Gasteiger partial charge in [0.2, 0.25) is 5.91 Å². The molecule has 1 heterocycles. The van der Waals surface area contributed by atoms with Crippen LogP contribution in [0.1, 0.15) is 29.1 Å². The van der Waals surface area contributed by atoms with Gasteiger partial charge in [0.25, 0.3) is 0 Å². The number of amides is 1. The summed E-state index contributed by atoms with van der Waals surface area (Å²) in [7, 11) is 0. The molecule has 1 unspecified atom stereocenters. The van der Waals surface area contributed by atoms with Crippen LogP contribution in [0.5, 0.6) is 0 Å². The molecule has 132 valence electrons. The first-order valence-corrected chi connectivity index (χ1v) is 8.66. The highest BCUT2D eigenvalue weighted by molar-refractivity contribution is 7.09. The zero-order valence-electron chi connectivity index (χ0n) is 13.6. The third kappa shape index (κ3) is 6.11. The van der Waals surface area contributed by atoms with E-state index in [0.717, 1.165) is 10.6 Å². The smallest absolute Gasteiger partial charge is 0.326 e. The molecule has 0 aliphatic rings. The van der Waals surface area contributed by atoms with Crippen LogP contribution in [0.4, 0.5) is 4.39 Å². The van der Waals surface area contributed by atoms with Crippen LogP contribution in [0.15, 0.2) is 42.3 Å². The van der Waals surface area contributed by atoms with Crippen molar-refractivity contribution in [3.63, 3.8) is 0 Å². The van der Waals surface area contributed by atoms with E-state index in [-0.39, 0.29) is 18.1 Å². The fourth-order valence-electron chi connectivity index (χ4n) is 2.24. The van der Waals surface area contributed by atoms with E-state index in [1.165, 1.54) is 23.5 Å². The van der Waals surface area contributed by atoms with Gasteiger partial charge in [-0.2, -0.15) is 0 Å². The van der Waals surface area contributed by atoms with E-state index in [1.54, 1.807) is 23.6 Å². The number of aliphatic carboxylic acids is 1. The maximum Gasteiger partial charge on any atom is 0.326 e. The van der Waals surface area contributed by atoms with Crippen LogP contribution >= 0.6 is 11.3 Å². The first kappa shape index (κ1) is 18.8. The van der Waals surface area contributed by atoms with E-state index in [1.807, 2.05) is 0 Å². The second kappa shape index (κ2) is 9.08. The molecule has 2 N–H and O–H groups in total. The van der Waals surface area contributed by atoms with Gasteiger partial charge >= 0.3 is 5.97 Å². The Hall–Kier alpha value is -2.54. The molecule has 0 saturated heterocycles. The Labute approximate surface area is 149 Å². The molecule has 7 heteroatoms. The summed E-state index contributed by atoms with van der Waals surface area (Å²) in [5, 5.41) is 14.2. The summed E-state index contributed by atoms with van der Waals surface area (Å²) in [5.74, 6) is -1.73. The number of thiazole rings is 1. The second-order valence-electron chi connectivity index (χ2n) is 5.54. The molecule has 0 aliphatic heterocycles. The lowest BCUT2D eigenvalue weighted by atomic mass is 10.1. The molecule has 5 nitrogen and oxygen atoms in total. The summed E-state index contributed by atoms with van der Waals surface area (Å²) in [6.45, 7) is 3.55. The number of halogens is 1. The SMILES string of the molecule is C=CCCC(NC(=O)Cc1csc(Cc2ccc(F)cc2)n1)C(=O)O. The molecule has 0 aliphatic carbocycles. The third-order valence-electron chi connectivity index (χ3n) is 3.50. The predicted octanol–water partition coefficient (Wildman–Crippen LogP) is 2.95. The molecule has 0 saturated carbocycles. The summed E-state index contributed by atoms with van der Waals surface area (Å²) in [6.07, 6.45) is 3.01. The number of carbonyl (C=O) groups excluding carboxylic acids is 1. The van der Waals surface area contributed by atoms with Crippen molar-refractivity contribution < 1.29 is 19.1 Å². The Morgan fingerprint density at radius 3 is 2.72 bits per heavy atom. The van der Waals surface area contributed by atoms with Gasteiger partial charge in [-0.1, -0.05) is 18.2 Å². The van der Waals surface area contributed by atoms with Crippen LogP contribution in [0.25, 0.3) is 0 Å². The average Bonchev–Trinajstić information content (AvgIpc) is 3.00. The molecule has 25 heavy (non-hydrogen) atoms. The number of carboxylic acids is 1. The molecule has 0 bridgehead atoms. The number of hydrogen-bond donors (Lipinski definition) is 2. The van der Waals surface area contributed by atoms with Crippen LogP contribution in [0, 0.1) is 5.82 Å². The largest absolute Gasteiger partial charge is 0.480 e. The average molecular weight is 362 g/mol. The predicted molar refractivity (Wildman–Crippen MR) is 94.0 cm³/mol. The van der Waals surface area contributed by atoms with Crippen molar-refractivity contribution in [2.24, 2.45) is 0 Å². The van der Waals surface area contributed by atoms with E-state index in [2.05, 4.69) is 16.9 Å². The van der Waals surface area contributed by atoms with Crippen LogP contribution < -0.4 is 5.32 Å². The van der Waals surface area contributed by atoms with Gasteiger partial charge in [-0.15, -0.1) is 17.9 Å². The van der Waals surface area contributed by atoms with E-state index in [0.29, 0.717) is 25.0 Å². The first-order valence-electron chi connectivity index (χ1n) is 7.78. The number of hydrogen-bond acceptors (Lipinski definition) is 4. The Balaban J connectivity index is 1.91. The fraction of sp³-hybridized carbons (Fsp3) is 0.278. The number of nitrogens with zero attached hydrogens (tertiary/aromatic N) is 1. The molecular weight excluding hydrogens is 343 g/mol. The Bertz CT molecular complexity index is 743. The zero-order chi connectivity index (χ0) is 18.2. The second-order valence-corrected chi connectivity index (χ2v) is 6.48. The maximum atomic E-state index is 12.9. The number of rotatable bonds is 9. The third-order valence-corrected chi connectivity index (χ3v) is 4.40. The number of nitrogens with one attached hydrogen (secondary N) is 1. The minimum Gasteiger partial charge on any atom is -0.480 e. The molecule has 2 aromatic rings. The Morgan fingerprint density at radius 2 is 2.08 bits per heavy atom. The molecule has 1 aromatic carbocycles. The molecule has 2 rings (SSSR count). The van der Waals surface area contributed by atoms with Crippen LogP contribution in [0.2, 0.25) is 0 Å². The van der Waals surface area contributed by atoms with E-state index in [4.69, 9.17) is 5.11 Å². The molecule has 1 atom stereocenters. The fourth-order valence-corrected chi connectivity index (χ4v) is 3.07. The molecule has 0 spiro atoms. The lowest BCUT2D eigenvalue weighted by molar-refractivity contribution is -0.141. The zero-order valence-corrected chi connectivity index (χ0v) is 14.4. The van der Waals surface area contributed by atoms with Gasteiger partial charge in [-0.05, 0) is 30.5 Å². The van der Waals surface area contributed by atoms with Gasteiger partial charge in [0, 0.05) is 11.8 Å². The highest BCUT2D eigenvalue weighted by Crippen LogP contribution is 2.16. The molecule has 0 radical (unpaired) electrons. The summed E-state index contributed by atoms with van der Waals surface area (Å²) < 4.78 is 12.9. The van der Waals surface area contributed by atoms with Crippen molar-refractivity contribution in [2.75, 3.05) is 0 Å². The summed E-state index contributed by atoms with van der Waals surface area (Å²) >= 11 is 1.42. The maximum absolute atomic E-state index is 12.9. The summed E-state index contributed by atoms with van der Waals surface area (Å²) in [5.41, 5.74) is 1.52. The van der Waals surface area contributed by atoms with E-state index < -0.39 is 12.0 Å². The van der Waals surface area contributed by atoms with Gasteiger partial charge in [0.1, 0.15) is 11.9 Å². The van der Waals surface area contributed by atoms with Gasteiger partial charge in [-0.25, -0.2) is 14.2 Å². The van der Waals surface area contributed by atoms with Gasteiger partial charge in [0.15, 0.2) is 0 Å². The Kier molecular flexibility index (Phi) is 6.82. The molecular formula is C18H19FN2O3S. The highest BCUT2D eigenvalue weighted by atomic mass is 32.1. The normalized spacial score (nSPS) is 11.7. The quantitative estimate of drug-likeness (QED) is 0.672. The lowest BCUT2D eigenvalue weighted by Crippen LogP contribution is -2.41. The van der Waals surface area contributed by atoms with Crippen molar-refractivity contribution in [3.05, 3.63) is 64.4 Å². The van der Waals surface area contributed by atoms with Gasteiger partial charge in [-0.3, -0.25) is 4.79 Å². The van der Waals surface area contributed by atoms with Crippen LogP contribution in [-0.4, -0.2) is 28.0 Å². The number of allylic oxidation sites excluding steroid dienone is 1. The number of carbonyl (C=O) groups is 2. The lowest BCUT2D eigenvalue weighted by Gasteiger charge is -2.12.